The van der Waals surface area contributed by atoms with Gasteiger partial charge in [-0.2, -0.15) is 0 Å². The molecule has 0 bridgehead atoms. The van der Waals surface area contributed by atoms with Crippen molar-refractivity contribution in [1.29, 1.82) is 0 Å². The normalized spacial score (nSPS) is 22.9. The molecule has 0 saturated carbocycles. The van der Waals surface area contributed by atoms with Gasteiger partial charge in [0.25, 0.3) is 0 Å². The van der Waals surface area contributed by atoms with Crippen molar-refractivity contribution in [1.82, 2.24) is 4.90 Å². The molecule has 90 valence electrons. The van der Waals surface area contributed by atoms with Gasteiger partial charge in [-0.3, -0.25) is 0 Å². The Kier molecular flexibility index (Phi) is 4.44. The summed E-state index contributed by atoms with van der Waals surface area (Å²) < 4.78 is 21.4. The van der Waals surface area contributed by atoms with Gasteiger partial charge in [0.2, 0.25) is 9.05 Å². The SMILES string of the molecule is CC1(C)CCN(CCCS(=O)(=O)Cl)CC1. The summed E-state index contributed by atoms with van der Waals surface area (Å²) in [7, 11) is 1.85. The fourth-order valence-electron chi connectivity index (χ4n) is 1.84. The average Bonchev–Trinajstić information content (AvgIpc) is 2.06. The van der Waals surface area contributed by atoms with Crippen LogP contribution >= 0.6 is 10.7 Å². The molecule has 0 aromatic carbocycles. The Labute approximate surface area is 97.2 Å². The number of nitrogens with zero attached hydrogens (tertiary/aromatic N) is 1. The summed E-state index contributed by atoms with van der Waals surface area (Å²) in [5.74, 6) is 0.0917. The van der Waals surface area contributed by atoms with Gasteiger partial charge in [-0.25, -0.2) is 8.42 Å². The van der Waals surface area contributed by atoms with Gasteiger partial charge < -0.3 is 4.90 Å². The Balaban J connectivity index is 2.20. The van der Waals surface area contributed by atoms with Crippen molar-refractivity contribution in [2.75, 3.05) is 25.4 Å². The van der Waals surface area contributed by atoms with E-state index in [1.165, 1.54) is 12.8 Å². The summed E-state index contributed by atoms with van der Waals surface area (Å²) in [4.78, 5) is 2.33. The summed E-state index contributed by atoms with van der Waals surface area (Å²) in [6, 6.07) is 0. The van der Waals surface area contributed by atoms with Crippen LogP contribution in [-0.4, -0.2) is 38.7 Å². The Hall–Kier alpha value is 0.200. The second-order valence-corrected chi connectivity index (χ2v) is 8.00. The Morgan fingerprint density at radius 2 is 1.80 bits per heavy atom. The molecule has 0 unspecified atom stereocenters. The monoisotopic (exact) mass is 253 g/mol. The van der Waals surface area contributed by atoms with E-state index in [1.54, 1.807) is 0 Å². The molecule has 0 aromatic rings. The van der Waals surface area contributed by atoms with Gasteiger partial charge in [0.1, 0.15) is 0 Å². The van der Waals surface area contributed by atoms with Crippen LogP contribution in [0.4, 0.5) is 0 Å². The number of likely N-dealkylation sites (tertiary alicyclic amines) is 1. The first kappa shape index (κ1) is 13.3. The van der Waals surface area contributed by atoms with Crippen LogP contribution in [0.1, 0.15) is 33.1 Å². The summed E-state index contributed by atoms with van der Waals surface area (Å²) in [5, 5.41) is 0. The van der Waals surface area contributed by atoms with Crippen LogP contribution in [0.5, 0.6) is 0 Å². The van der Waals surface area contributed by atoms with Crippen molar-refractivity contribution in [3.63, 3.8) is 0 Å². The minimum absolute atomic E-state index is 0.0917. The van der Waals surface area contributed by atoms with Crippen LogP contribution in [0, 0.1) is 5.41 Å². The maximum atomic E-state index is 10.7. The van der Waals surface area contributed by atoms with Crippen molar-refractivity contribution in [2.45, 2.75) is 33.1 Å². The standard InChI is InChI=1S/C10H20ClNO2S/c1-10(2)4-7-12(8-5-10)6-3-9-15(11,13)14/h3-9H2,1-2H3. The van der Waals surface area contributed by atoms with Gasteiger partial charge in [-0.05, 0) is 44.3 Å². The highest BCUT2D eigenvalue weighted by molar-refractivity contribution is 8.13. The molecule has 3 nitrogen and oxygen atoms in total. The summed E-state index contributed by atoms with van der Waals surface area (Å²) in [6.45, 7) is 7.58. The lowest BCUT2D eigenvalue weighted by molar-refractivity contribution is 0.133. The van der Waals surface area contributed by atoms with Gasteiger partial charge in [0.15, 0.2) is 0 Å². The smallest absolute Gasteiger partial charge is 0.232 e. The zero-order chi connectivity index (χ0) is 11.5. The van der Waals surface area contributed by atoms with Crippen LogP contribution in [0.3, 0.4) is 0 Å². The van der Waals surface area contributed by atoms with E-state index < -0.39 is 9.05 Å². The molecule has 1 aliphatic rings. The predicted octanol–water partition coefficient (Wildman–Crippen LogP) is 2.07. The molecular formula is C10H20ClNO2S. The van der Waals surface area contributed by atoms with Crippen LogP contribution < -0.4 is 0 Å². The van der Waals surface area contributed by atoms with E-state index in [4.69, 9.17) is 10.7 Å². The van der Waals surface area contributed by atoms with E-state index in [0.717, 1.165) is 19.6 Å². The van der Waals surface area contributed by atoms with Gasteiger partial charge in [0, 0.05) is 10.7 Å². The Morgan fingerprint density at radius 3 is 2.27 bits per heavy atom. The second-order valence-electron chi connectivity index (χ2n) is 5.10. The molecule has 0 spiro atoms. The lowest BCUT2D eigenvalue weighted by Crippen LogP contribution is -2.38. The number of rotatable bonds is 4. The van der Waals surface area contributed by atoms with Crippen LogP contribution in [0.25, 0.3) is 0 Å². The predicted molar refractivity (Wildman–Crippen MR) is 63.7 cm³/mol. The van der Waals surface area contributed by atoms with Gasteiger partial charge in [0.05, 0.1) is 5.75 Å². The molecule has 0 radical (unpaired) electrons. The van der Waals surface area contributed by atoms with E-state index >= 15 is 0 Å². The van der Waals surface area contributed by atoms with Crippen molar-refractivity contribution in [3.05, 3.63) is 0 Å². The quantitative estimate of drug-likeness (QED) is 0.720. The maximum absolute atomic E-state index is 10.7. The fourth-order valence-corrected chi connectivity index (χ4v) is 2.64. The number of piperidine rings is 1. The molecule has 0 aliphatic carbocycles. The highest BCUT2D eigenvalue weighted by Gasteiger charge is 2.24. The molecule has 1 saturated heterocycles. The minimum atomic E-state index is -3.30. The minimum Gasteiger partial charge on any atom is -0.303 e. The molecule has 1 heterocycles. The molecule has 1 aliphatic heterocycles. The zero-order valence-corrected chi connectivity index (χ0v) is 11.1. The molecule has 15 heavy (non-hydrogen) atoms. The highest BCUT2D eigenvalue weighted by Crippen LogP contribution is 2.29. The molecule has 5 heteroatoms. The third kappa shape index (κ3) is 5.73. The van der Waals surface area contributed by atoms with Crippen molar-refractivity contribution in [2.24, 2.45) is 5.41 Å². The lowest BCUT2D eigenvalue weighted by Gasteiger charge is -2.36. The van der Waals surface area contributed by atoms with E-state index in [-0.39, 0.29) is 5.75 Å². The van der Waals surface area contributed by atoms with E-state index in [1.807, 2.05) is 0 Å². The fraction of sp³-hybridized carbons (Fsp3) is 1.00. The molecule has 1 fully saturated rings. The Bertz CT molecular complexity index is 291. The number of halogens is 1. The van der Waals surface area contributed by atoms with Gasteiger partial charge in [-0.1, -0.05) is 13.8 Å². The van der Waals surface area contributed by atoms with Crippen molar-refractivity contribution in [3.8, 4) is 0 Å². The highest BCUT2D eigenvalue weighted by atomic mass is 35.7. The van der Waals surface area contributed by atoms with E-state index in [2.05, 4.69) is 18.7 Å². The van der Waals surface area contributed by atoms with Crippen LogP contribution in [-0.2, 0) is 9.05 Å². The molecule has 0 N–H and O–H groups in total. The third-order valence-corrected chi connectivity index (χ3v) is 4.31. The van der Waals surface area contributed by atoms with Crippen LogP contribution in [0.2, 0.25) is 0 Å². The topological polar surface area (TPSA) is 37.4 Å². The van der Waals surface area contributed by atoms with Gasteiger partial charge in [-0.15, -0.1) is 0 Å². The summed E-state index contributed by atoms with van der Waals surface area (Å²) in [6.07, 6.45) is 3.04. The molecule has 0 amide bonds. The summed E-state index contributed by atoms with van der Waals surface area (Å²) >= 11 is 0. The first-order valence-electron chi connectivity index (χ1n) is 5.43. The molecule has 0 atom stereocenters. The third-order valence-electron chi connectivity index (χ3n) is 3.07. The summed E-state index contributed by atoms with van der Waals surface area (Å²) in [5.41, 5.74) is 0.453. The zero-order valence-electron chi connectivity index (χ0n) is 9.50. The van der Waals surface area contributed by atoms with Gasteiger partial charge >= 0.3 is 0 Å². The largest absolute Gasteiger partial charge is 0.303 e. The van der Waals surface area contributed by atoms with Crippen molar-refractivity contribution >= 4 is 19.7 Å². The average molecular weight is 254 g/mol. The second kappa shape index (κ2) is 5.02. The van der Waals surface area contributed by atoms with Crippen LogP contribution in [0.15, 0.2) is 0 Å². The first-order valence-corrected chi connectivity index (χ1v) is 7.91. The molecular weight excluding hydrogens is 234 g/mol. The van der Waals surface area contributed by atoms with E-state index in [9.17, 15) is 8.42 Å². The number of hydrogen-bond donors (Lipinski definition) is 0. The van der Waals surface area contributed by atoms with Crippen molar-refractivity contribution < 1.29 is 8.42 Å². The molecule has 1 rings (SSSR count). The number of hydrogen-bond acceptors (Lipinski definition) is 3. The van der Waals surface area contributed by atoms with E-state index in [0.29, 0.717) is 11.8 Å². The first-order chi connectivity index (χ1) is 6.79. The Morgan fingerprint density at radius 1 is 1.27 bits per heavy atom. The molecule has 0 aromatic heterocycles. The lowest BCUT2D eigenvalue weighted by atomic mass is 9.83. The maximum Gasteiger partial charge on any atom is 0.232 e.